The van der Waals surface area contributed by atoms with Crippen LogP contribution in [-0.2, 0) is 6.54 Å². The number of ether oxygens (including phenoxy) is 1. The van der Waals surface area contributed by atoms with Gasteiger partial charge in [0.25, 0.3) is 0 Å². The molecule has 0 fully saturated rings. The molecule has 1 aromatic rings. The molecule has 1 rings (SSSR count). The van der Waals surface area contributed by atoms with E-state index >= 15 is 0 Å². The Hall–Kier alpha value is -1.55. The zero-order valence-electron chi connectivity index (χ0n) is 10.7. The smallest absolute Gasteiger partial charge is 0.123 e. The fourth-order valence-electron chi connectivity index (χ4n) is 1.73. The van der Waals surface area contributed by atoms with Gasteiger partial charge in [-0.1, -0.05) is 18.2 Å². The summed E-state index contributed by atoms with van der Waals surface area (Å²) in [5.41, 5.74) is 6.56. The van der Waals surface area contributed by atoms with Gasteiger partial charge in [0.15, 0.2) is 0 Å². The van der Waals surface area contributed by atoms with Crippen molar-refractivity contribution >= 4 is 5.84 Å². The molecule has 0 amide bonds. The number of amidine groups is 1. The highest BCUT2D eigenvalue weighted by Crippen LogP contribution is 2.19. The molecule has 0 saturated heterocycles. The van der Waals surface area contributed by atoms with Gasteiger partial charge in [0.1, 0.15) is 5.75 Å². The van der Waals surface area contributed by atoms with E-state index in [1.165, 1.54) is 0 Å². The first-order chi connectivity index (χ1) is 8.04. The quantitative estimate of drug-likeness (QED) is 0.584. The molecular formula is C13H21N3O. The van der Waals surface area contributed by atoms with Gasteiger partial charge in [-0.25, -0.2) is 0 Å². The molecule has 0 radical (unpaired) electrons. The second kappa shape index (κ2) is 6.25. The highest BCUT2D eigenvalue weighted by atomic mass is 16.5. The molecule has 0 saturated carbocycles. The molecule has 4 nitrogen and oxygen atoms in total. The molecule has 4 heteroatoms. The van der Waals surface area contributed by atoms with Gasteiger partial charge in [-0.2, -0.15) is 0 Å². The average molecular weight is 235 g/mol. The number of nitrogens with one attached hydrogen (secondary N) is 1. The minimum Gasteiger partial charge on any atom is -0.496 e. The van der Waals surface area contributed by atoms with Gasteiger partial charge < -0.3 is 10.5 Å². The van der Waals surface area contributed by atoms with Crippen molar-refractivity contribution in [3.05, 3.63) is 29.8 Å². The molecular weight excluding hydrogens is 214 g/mol. The number of methoxy groups -OCH3 is 1. The lowest BCUT2D eigenvalue weighted by Crippen LogP contribution is -2.32. The zero-order valence-corrected chi connectivity index (χ0v) is 10.7. The Morgan fingerprint density at radius 3 is 2.71 bits per heavy atom. The van der Waals surface area contributed by atoms with Crippen LogP contribution in [-0.4, -0.2) is 30.9 Å². The molecule has 17 heavy (non-hydrogen) atoms. The van der Waals surface area contributed by atoms with Crippen molar-refractivity contribution in [3.63, 3.8) is 0 Å². The molecule has 0 aliphatic rings. The fraction of sp³-hybridized carbons (Fsp3) is 0.462. The minimum absolute atomic E-state index is 0.226. The minimum atomic E-state index is 0.226. The van der Waals surface area contributed by atoms with Crippen LogP contribution < -0.4 is 10.5 Å². The van der Waals surface area contributed by atoms with Crippen molar-refractivity contribution in [3.8, 4) is 5.75 Å². The molecule has 1 aromatic carbocycles. The van der Waals surface area contributed by atoms with Gasteiger partial charge in [0.05, 0.1) is 12.9 Å². The summed E-state index contributed by atoms with van der Waals surface area (Å²) in [6.45, 7) is 2.86. The first kappa shape index (κ1) is 13.5. The van der Waals surface area contributed by atoms with Gasteiger partial charge >= 0.3 is 0 Å². The summed E-state index contributed by atoms with van der Waals surface area (Å²) >= 11 is 0. The lowest BCUT2D eigenvalue weighted by molar-refractivity contribution is 0.250. The molecule has 1 atom stereocenters. The van der Waals surface area contributed by atoms with Crippen molar-refractivity contribution in [2.75, 3.05) is 14.2 Å². The Kier molecular flexibility index (Phi) is 4.97. The number of hydrogen-bond donors (Lipinski definition) is 2. The van der Waals surface area contributed by atoms with E-state index in [4.69, 9.17) is 15.9 Å². The zero-order chi connectivity index (χ0) is 12.8. The maximum Gasteiger partial charge on any atom is 0.123 e. The molecule has 0 bridgehead atoms. The molecule has 0 aliphatic heterocycles. The van der Waals surface area contributed by atoms with Crippen LogP contribution >= 0.6 is 0 Å². The third-order valence-corrected chi connectivity index (χ3v) is 2.88. The van der Waals surface area contributed by atoms with Gasteiger partial charge in [0, 0.05) is 24.6 Å². The molecule has 0 aliphatic carbocycles. The second-order valence-corrected chi connectivity index (χ2v) is 4.31. The highest BCUT2D eigenvalue weighted by Gasteiger charge is 2.12. The topological polar surface area (TPSA) is 62.3 Å². The van der Waals surface area contributed by atoms with E-state index in [9.17, 15) is 0 Å². The molecule has 94 valence electrons. The Morgan fingerprint density at radius 2 is 2.12 bits per heavy atom. The van der Waals surface area contributed by atoms with Gasteiger partial charge in [-0.15, -0.1) is 0 Å². The summed E-state index contributed by atoms with van der Waals surface area (Å²) in [4.78, 5) is 2.17. The van der Waals surface area contributed by atoms with Crippen molar-refractivity contribution in [2.24, 2.45) is 5.73 Å². The highest BCUT2D eigenvalue weighted by molar-refractivity contribution is 5.77. The third kappa shape index (κ3) is 4.07. The number of benzene rings is 1. The maximum atomic E-state index is 7.30. The van der Waals surface area contributed by atoms with Gasteiger partial charge in [-0.05, 0) is 20.0 Å². The predicted molar refractivity (Wildman–Crippen MR) is 70.5 cm³/mol. The molecule has 3 N–H and O–H groups in total. The van der Waals surface area contributed by atoms with Gasteiger partial charge in [-0.3, -0.25) is 10.3 Å². The number of para-hydroxylation sites is 1. The van der Waals surface area contributed by atoms with Crippen LogP contribution in [0.5, 0.6) is 5.75 Å². The predicted octanol–water partition coefficient (Wildman–Crippen LogP) is 1.84. The van der Waals surface area contributed by atoms with Crippen LogP contribution in [0.15, 0.2) is 24.3 Å². The van der Waals surface area contributed by atoms with E-state index in [1.807, 2.05) is 25.2 Å². The first-order valence-corrected chi connectivity index (χ1v) is 5.69. The SMILES string of the molecule is COc1ccccc1CN(C)C(C)CC(=N)N. The number of rotatable bonds is 6. The van der Waals surface area contributed by atoms with Crippen LogP contribution in [0.4, 0.5) is 0 Å². The Balaban J connectivity index is 2.66. The van der Waals surface area contributed by atoms with Crippen molar-refractivity contribution in [1.29, 1.82) is 5.41 Å². The van der Waals surface area contributed by atoms with Crippen molar-refractivity contribution < 1.29 is 4.74 Å². The molecule has 1 unspecified atom stereocenters. The Morgan fingerprint density at radius 1 is 1.47 bits per heavy atom. The summed E-state index contributed by atoms with van der Waals surface area (Å²) in [6.07, 6.45) is 0.589. The summed E-state index contributed by atoms with van der Waals surface area (Å²) in [6, 6.07) is 8.22. The van der Waals surface area contributed by atoms with E-state index in [0.29, 0.717) is 6.42 Å². The van der Waals surface area contributed by atoms with Crippen LogP contribution in [0.3, 0.4) is 0 Å². The molecule has 0 heterocycles. The first-order valence-electron chi connectivity index (χ1n) is 5.69. The van der Waals surface area contributed by atoms with E-state index in [2.05, 4.69) is 17.9 Å². The van der Waals surface area contributed by atoms with E-state index in [0.717, 1.165) is 17.9 Å². The number of nitrogens with two attached hydrogens (primary N) is 1. The Bertz CT molecular complexity index is 379. The Labute approximate surface area is 103 Å². The standard InChI is InChI=1S/C13H21N3O/c1-10(8-13(14)15)16(2)9-11-6-4-5-7-12(11)17-3/h4-7,10H,8-9H2,1-3H3,(H3,14,15). The van der Waals surface area contributed by atoms with E-state index in [1.54, 1.807) is 7.11 Å². The van der Waals surface area contributed by atoms with Gasteiger partial charge in [0.2, 0.25) is 0 Å². The summed E-state index contributed by atoms with van der Waals surface area (Å²) in [5, 5.41) is 7.30. The normalized spacial score (nSPS) is 12.5. The fourth-order valence-corrected chi connectivity index (χ4v) is 1.73. The maximum absolute atomic E-state index is 7.30. The summed E-state index contributed by atoms with van der Waals surface area (Å²) in [7, 11) is 3.71. The van der Waals surface area contributed by atoms with Crippen molar-refractivity contribution in [2.45, 2.75) is 25.9 Å². The molecule has 0 aromatic heterocycles. The van der Waals surface area contributed by atoms with Crippen LogP contribution in [0.2, 0.25) is 0 Å². The summed E-state index contributed by atoms with van der Waals surface area (Å²) in [5.74, 6) is 1.12. The molecule has 0 spiro atoms. The number of hydrogen-bond acceptors (Lipinski definition) is 3. The monoisotopic (exact) mass is 235 g/mol. The summed E-state index contributed by atoms with van der Waals surface area (Å²) < 4.78 is 5.31. The largest absolute Gasteiger partial charge is 0.496 e. The van der Waals surface area contributed by atoms with Crippen LogP contribution in [0, 0.1) is 5.41 Å². The number of nitrogens with zero attached hydrogens (tertiary/aromatic N) is 1. The lowest BCUT2D eigenvalue weighted by atomic mass is 10.1. The van der Waals surface area contributed by atoms with Crippen LogP contribution in [0.1, 0.15) is 18.9 Å². The van der Waals surface area contributed by atoms with E-state index < -0.39 is 0 Å². The average Bonchev–Trinajstić information content (AvgIpc) is 2.28. The van der Waals surface area contributed by atoms with Crippen molar-refractivity contribution in [1.82, 2.24) is 4.90 Å². The second-order valence-electron chi connectivity index (χ2n) is 4.31. The van der Waals surface area contributed by atoms with Crippen LogP contribution in [0.25, 0.3) is 0 Å². The lowest BCUT2D eigenvalue weighted by Gasteiger charge is -2.25. The van der Waals surface area contributed by atoms with E-state index in [-0.39, 0.29) is 11.9 Å². The third-order valence-electron chi connectivity index (χ3n) is 2.88.